The summed E-state index contributed by atoms with van der Waals surface area (Å²) in [5, 5.41) is 4.33. The van der Waals surface area contributed by atoms with Crippen molar-refractivity contribution in [3.05, 3.63) is 64.1 Å². The molecule has 0 atom stereocenters. The summed E-state index contributed by atoms with van der Waals surface area (Å²) >= 11 is 7.28. The minimum Gasteiger partial charge on any atom is -0.497 e. The second kappa shape index (κ2) is 8.88. The second-order valence-corrected chi connectivity index (χ2v) is 7.16. The number of aromatic nitrogens is 1. The molecular formula is C20H19ClN2O3S. The van der Waals surface area contributed by atoms with E-state index in [0.29, 0.717) is 28.7 Å². The van der Waals surface area contributed by atoms with Crippen molar-refractivity contribution in [3.8, 4) is 22.1 Å². The molecule has 1 aromatic heterocycles. The Hall–Kier alpha value is -2.57. The molecule has 0 unspecified atom stereocenters. The molecule has 1 amide bonds. The predicted molar refractivity (Wildman–Crippen MR) is 108 cm³/mol. The Morgan fingerprint density at radius 1 is 1.11 bits per heavy atom. The first-order valence-corrected chi connectivity index (χ1v) is 9.54. The second-order valence-electron chi connectivity index (χ2n) is 5.72. The molecule has 1 N–H and O–H groups in total. The summed E-state index contributed by atoms with van der Waals surface area (Å²) < 4.78 is 10.7. The van der Waals surface area contributed by atoms with Crippen molar-refractivity contribution in [2.45, 2.75) is 6.92 Å². The number of carbonyl (C=O) groups is 1. The average Bonchev–Trinajstić information content (AvgIpc) is 3.08. The fourth-order valence-electron chi connectivity index (χ4n) is 2.41. The summed E-state index contributed by atoms with van der Waals surface area (Å²) in [5.41, 5.74) is 1.65. The third-order valence-electron chi connectivity index (χ3n) is 3.81. The van der Waals surface area contributed by atoms with Gasteiger partial charge >= 0.3 is 0 Å². The molecule has 3 aromatic rings. The summed E-state index contributed by atoms with van der Waals surface area (Å²) in [6.45, 7) is 2.61. The number of hydrogen-bond donors (Lipinski definition) is 1. The van der Waals surface area contributed by atoms with Gasteiger partial charge in [-0.3, -0.25) is 4.79 Å². The molecule has 2 aromatic carbocycles. The molecule has 5 nitrogen and oxygen atoms in total. The van der Waals surface area contributed by atoms with E-state index in [-0.39, 0.29) is 5.91 Å². The summed E-state index contributed by atoms with van der Waals surface area (Å²) in [4.78, 5) is 17.5. The van der Waals surface area contributed by atoms with Crippen LogP contribution in [0.3, 0.4) is 0 Å². The van der Waals surface area contributed by atoms with Crippen LogP contribution in [0, 0.1) is 6.92 Å². The Morgan fingerprint density at radius 2 is 1.78 bits per heavy atom. The highest BCUT2D eigenvalue weighted by Gasteiger charge is 2.16. The number of benzene rings is 2. The SMILES string of the molecule is COc1ccc(OCCNC(=O)c2sc(-c3ccc(Cl)cc3)nc2C)cc1. The Morgan fingerprint density at radius 3 is 2.44 bits per heavy atom. The number of hydrogen-bond acceptors (Lipinski definition) is 5. The highest BCUT2D eigenvalue weighted by Crippen LogP contribution is 2.28. The Labute approximate surface area is 166 Å². The van der Waals surface area contributed by atoms with E-state index in [1.165, 1.54) is 11.3 Å². The van der Waals surface area contributed by atoms with E-state index >= 15 is 0 Å². The van der Waals surface area contributed by atoms with E-state index in [1.54, 1.807) is 7.11 Å². The van der Waals surface area contributed by atoms with Gasteiger partial charge in [0.25, 0.3) is 5.91 Å². The van der Waals surface area contributed by atoms with Crippen molar-refractivity contribution in [2.75, 3.05) is 20.3 Å². The molecule has 0 saturated heterocycles. The van der Waals surface area contributed by atoms with Gasteiger partial charge in [0.05, 0.1) is 19.3 Å². The van der Waals surface area contributed by atoms with Crippen molar-refractivity contribution >= 4 is 28.8 Å². The monoisotopic (exact) mass is 402 g/mol. The van der Waals surface area contributed by atoms with Crippen LogP contribution < -0.4 is 14.8 Å². The number of methoxy groups -OCH3 is 1. The molecule has 1 heterocycles. The van der Waals surface area contributed by atoms with Gasteiger partial charge in [-0.15, -0.1) is 11.3 Å². The maximum Gasteiger partial charge on any atom is 0.263 e. The van der Waals surface area contributed by atoms with Crippen LogP contribution in [-0.2, 0) is 0 Å². The van der Waals surface area contributed by atoms with Crippen LogP contribution in [0.1, 0.15) is 15.4 Å². The maximum absolute atomic E-state index is 12.4. The molecule has 7 heteroatoms. The minimum atomic E-state index is -0.149. The normalized spacial score (nSPS) is 10.5. The first kappa shape index (κ1) is 19.2. The number of carbonyl (C=O) groups excluding carboxylic acids is 1. The number of aryl methyl sites for hydroxylation is 1. The van der Waals surface area contributed by atoms with Crippen LogP contribution in [-0.4, -0.2) is 31.2 Å². The van der Waals surface area contributed by atoms with Crippen molar-refractivity contribution < 1.29 is 14.3 Å². The molecule has 27 heavy (non-hydrogen) atoms. The molecule has 0 fully saturated rings. The zero-order chi connectivity index (χ0) is 19.2. The molecule has 0 radical (unpaired) electrons. The van der Waals surface area contributed by atoms with Crippen molar-refractivity contribution in [1.82, 2.24) is 10.3 Å². The van der Waals surface area contributed by atoms with Crippen LogP contribution >= 0.6 is 22.9 Å². The van der Waals surface area contributed by atoms with E-state index in [1.807, 2.05) is 55.5 Å². The Kier molecular flexibility index (Phi) is 6.32. The summed E-state index contributed by atoms with van der Waals surface area (Å²) in [7, 11) is 1.62. The van der Waals surface area contributed by atoms with Crippen LogP contribution in [0.5, 0.6) is 11.5 Å². The maximum atomic E-state index is 12.4. The first-order chi connectivity index (χ1) is 13.1. The lowest BCUT2D eigenvalue weighted by atomic mass is 10.2. The van der Waals surface area contributed by atoms with Gasteiger partial charge in [0.1, 0.15) is 28.0 Å². The molecule has 0 bridgehead atoms. The van der Waals surface area contributed by atoms with E-state index in [0.717, 1.165) is 22.1 Å². The molecule has 0 aliphatic rings. The number of nitrogens with one attached hydrogen (secondary N) is 1. The first-order valence-electron chi connectivity index (χ1n) is 8.35. The quantitative estimate of drug-likeness (QED) is 0.587. The molecule has 0 saturated carbocycles. The zero-order valence-corrected chi connectivity index (χ0v) is 16.6. The van der Waals surface area contributed by atoms with E-state index in [2.05, 4.69) is 10.3 Å². The van der Waals surface area contributed by atoms with E-state index < -0.39 is 0 Å². The number of ether oxygens (including phenoxy) is 2. The van der Waals surface area contributed by atoms with Crippen molar-refractivity contribution in [3.63, 3.8) is 0 Å². The number of thiazole rings is 1. The largest absolute Gasteiger partial charge is 0.497 e. The number of rotatable bonds is 7. The number of nitrogens with zero attached hydrogens (tertiary/aromatic N) is 1. The van der Waals surface area contributed by atoms with Crippen LogP contribution in [0.25, 0.3) is 10.6 Å². The number of amides is 1. The fourth-order valence-corrected chi connectivity index (χ4v) is 3.52. The average molecular weight is 403 g/mol. The zero-order valence-electron chi connectivity index (χ0n) is 15.0. The Bertz CT molecular complexity index is 908. The summed E-state index contributed by atoms with van der Waals surface area (Å²) in [6.07, 6.45) is 0. The molecule has 0 spiro atoms. The topological polar surface area (TPSA) is 60.5 Å². The summed E-state index contributed by atoms with van der Waals surface area (Å²) in [5.74, 6) is 1.35. The third-order valence-corrected chi connectivity index (χ3v) is 5.27. The van der Waals surface area contributed by atoms with Gasteiger partial charge in [-0.1, -0.05) is 23.7 Å². The molecule has 0 aliphatic heterocycles. The van der Waals surface area contributed by atoms with Gasteiger partial charge in [0.15, 0.2) is 0 Å². The van der Waals surface area contributed by atoms with Gasteiger partial charge < -0.3 is 14.8 Å². The minimum absolute atomic E-state index is 0.149. The van der Waals surface area contributed by atoms with E-state index in [9.17, 15) is 4.79 Å². The number of halogens is 1. The lowest BCUT2D eigenvalue weighted by Crippen LogP contribution is -2.27. The van der Waals surface area contributed by atoms with Gasteiger partial charge in [-0.05, 0) is 43.3 Å². The molecule has 0 aliphatic carbocycles. The highest BCUT2D eigenvalue weighted by atomic mass is 35.5. The lowest BCUT2D eigenvalue weighted by molar-refractivity contribution is 0.0950. The lowest BCUT2D eigenvalue weighted by Gasteiger charge is -2.08. The van der Waals surface area contributed by atoms with E-state index in [4.69, 9.17) is 21.1 Å². The predicted octanol–water partition coefficient (Wildman–Crippen LogP) is 4.59. The fraction of sp³-hybridized carbons (Fsp3) is 0.200. The van der Waals surface area contributed by atoms with Gasteiger partial charge in [0.2, 0.25) is 0 Å². The van der Waals surface area contributed by atoms with Crippen molar-refractivity contribution in [2.24, 2.45) is 0 Å². The van der Waals surface area contributed by atoms with Crippen LogP contribution in [0.4, 0.5) is 0 Å². The standard InChI is InChI=1S/C20H19ClN2O3S/c1-13-18(27-20(23-13)14-3-5-15(21)6-4-14)19(24)22-11-12-26-17-9-7-16(25-2)8-10-17/h3-10H,11-12H2,1-2H3,(H,22,24). The Balaban J connectivity index is 1.54. The van der Waals surface area contributed by atoms with Crippen LogP contribution in [0.2, 0.25) is 5.02 Å². The summed E-state index contributed by atoms with van der Waals surface area (Å²) in [6, 6.07) is 14.7. The van der Waals surface area contributed by atoms with Gasteiger partial charge in [0, 0.05) is 10.6 Å². The van der Waals surface area contributed by atoms with Crippen LogP contribution in [0.15, 0.2) is 48.5 Å². The smallest absolute Gasteiger partial charge is 0.263 e. The van der Waals surface area contributed by atoms with Crippen molar-refractivity contribution in [1.29, 1.82) is 0 Å². The molecule has 140 valence electrons. The van der Waals surface area contributed by atoms with Gasteiger partial charge in [-0.25, -0.2) is 4.98 Å². The molecule has 3 rings (SSSR count). The highest BCUT2D eigenvalue weighted by molar-refractivity contribution is 7.17. The third kappa shape index (κ3) is 4.99. The van der Waals surface area contributed by atoms with Gasteiger partial charge in [-0.2, -0.15) is 0 Å². The molecular weight excluding hydrogens is 384 g/mol.